The normalized spacial score (nSPS) is 34.8. The van der Waals surface area contributed by atoms with E-state index < -0.39 is 0 Å². The Morgan fingerprint density at radius 1 is 1.12 bits per heavy atom. The number of rotatable bonds is 0. The van der Waals surface area contributed by atoms with Gasteiger partial charge in [0.1, 0.15) is 0 Å². The summed E-state index contributed by atoms with van der Waals surface area (Å²) in [4.78, 5) is 0. The van der Waals surface area contributed by atoms with Gasteiger partial charge in [-0.25, -0.2) is 0 Å². The summed E-state index contributed by atoms with van der Waals surface area (Å²) in [5.74, 6) is 1.31. The first kappa shape index (κ1) is 9.95. The molecule has 0 amide bonds. The van der Waals surface area contributed by atoms with Crippen molar-refractivity contribution in [2.45, 2.75) is 26.7 Å². The smallest absolute Gasteiger partial charge is 0.00869 e. The molecular formula is C15H19N. The molecule has 1 heteroatoms. The molecule has 0 heterocycles. The number of fused-ring (bicyclic) bond motifs is 3. The van der Waals surface area contributed by atoms with E-state index >= 15 is 0 Å². The molecule has 2 unspecified atom stereocenters. The first-order chi connectivity index (χ1) is 7.60. The molecule has 0 aromatic rings. The number of hydrogen-bond acceptors (Lipinski definition) is 1. The van der Waals surface area contributed by atoms with Crippen LogP contribution in [0.25, 0.3) is 0 Å². The van der Waals surface area contributed by atoms with E-state index in [1.165, 1.54) is 12.0 Å². The highest BCUT2D eigenvalue weighted by atomic mass is 14.6. The van der Waals surface area contributed by atoms with Crippen LogP contribution in [0.4, 0.5) is 0 Å². The third-order valence-electron chi connectivity index (χ3n) is 4.58. The lowest BCUT2D eigenvalue weighted by Gasteiger charge is -2.33. The lowest BCUT2D eigenvalue weighted by molar-refractivity contribution is 0.205. The van der Waals surface area contributed by atoms with Gasteiger partial charge in [-0.3, -0.25) is 0 Å². The third-order valence-corrected chi connectivity index (χ3v) is 4.58. The van der Waals surface area contributed by atoms with Gasteiger partial charge in [0, 0.05) is 5.70 Å². The summed E-state index contributed by atoms with van der Waals surface area (Å²) in [7, 11) is 0. The summed E-state index contributed by atoms with van der Waals surface area (Å²) in [6, 6.07) is 0. The van der Waals surface area contributed by atoms with Crippen LogP contribution in [0.3, 0.4) is 0 Å². The third kappa shape index (κ3) is 1.17. The standard InChI is InChI=1S/C15H19N/c1-15(2)13-6-4-3-5-11(13)12-8-7-10(16)9-14(12)15/h3-5,7-8,13-14H,6,9,16H2,1-2H3. The minimum absolute atomic E-state index is 0.349. The van der Waals surface area contributed by atoms with E-state index in [2.05, 4.69) is 44.2 Å². The second kappa shape index (κ2) is 3.13. The molecule has 3 rings (SSSR count). The largest absolute Gasteiger partial charge is 0.402 e. The lowest BCUT2D eigenvalue weighted by Crippen LogP contribution is -2.27. The summed E-state index contributed by atoms with van der Waals surface area (Å²) >= 11 is 0. The molecule has 0 aliphatic heterocycles. The quantitative estimate of drug-likeness (QED) is 0.656. The minimum Gasteiger partial charge on any atom is -0.402 e. The summed E-state index contributed by atoms with van der Waals surface area (Å²) in [6.07, 6.45) is 13.4. The zero-order chi connectivity index (χ0) is 11.3. The molecule has 0 radical (unpaired) electrons. The highest BCUT2D eigenvalue weighted by Gasteiger charge is 2.49. The molecule has 0 bridgehead atoms. The van der Waals surface area contributed by atoms with Crippen molar-refractivity contribution < 1.29 is 0 Å². The number of allylic oxidation sites excluding steroid dienone is 8. The van der Waals surface area contributed by atoms with Gasteiger partial charge in [-0.1, -0.05) is 38.2 Å². The first-order valence-electron chi connectivity index (χ1n) is 6.14. The topological polar surface area (TPSA) is 26.0 Å². The summed E-state index contributed by atoms with van der Waals surface area (Å²) in [5, 5.41) is 0. The minimum atomic E-state index is 0.349. The highest BCUT2D eigenvalue weighted by molar-refractivity contribution is 5.50. The van der Waals surface area contributed by atoms with Gasteiger partial charge in [0.2, 0.25) is 0 Å². The van der Waals surface area contributed by atoms with Crippen LogP contribution < -0.4 is 5.73 Å². The monoisotopic (exact) mass is 213 g/mol. The van der Waals surface area contributed by atoms with Crippen molar-refractivity contribution in [3.05, 3.63) is 47.2 Å². The molecule has 3 aliphatic rings. The fraction of sp³-hybridized carbons (Fsp3) is 0.467. The van der Waals surface area contributed by atoms with Crippen LogP contribution in [-0.2, 0) is 0 Å². The van der Waals surface area contributed by atoms with Crippen molar-refractivity contribution >= 4 is 0 Å². The van der Waals surface area contributed by atoms with Crippen LogP contribution >= 0.6 is 0 Å². The fourth-order valence-corrected chi connectivity index (χ4v) is 3.56. The Morgan fingerprint density at radius 2 is 1.88 bits per heavy atom. The maximum absolute atomic E-state index is 5.98. The van der Waals surface area contributed by atoms with Crippen LogP contribution in [0.5, 0.6) is 0 Å². The zero-order valence-electron chi connectivity index (χ0n) is 10.0. The van der Waals surface area contributed by atoms with E-state index in [0.29, 0.717) is 17.3 Å². The Balaban J connectivity index is 2.12. The van der Waals surface area contributed by atoms with E-state index in [4.69, 9.17) is 5.73 Å². The SMILES string of the molecule is CC1(C)C2CC=CC=C2C2=CC=C(N)CC21. The van der Waals surface area contributed by atoms with E-state index in [-0.39, 0.29) is 0 Å². The van der Waals surface area contributed by atoms with Gasteiger partial charge in [0.25, 0.3) is 0 Å². The lowest BCUT2D eigenvalue weighted by atomic mass is 9.71. The van der Waals surface area contributed by atoms with Gasteiger partial charge in [0.05, 0.1) is 0 Å². The van der Waals surface area contributed by atoms with E-state index in [0.717, 1.165) is 12.1 Å². The molecule has 1 fully saturated rings. The first-order valence-corrected chi connectivity index (χ1v) is 6.14. The molecule has 1 nitrogen and oxygen atoms in total. The van der Waals surface area contributed by atoms with Gasteiger partial charge in [-0.2, -0.15) is 0 Å². The second-order valence-corrected chi connectivity index (χ2v) is 5.78. The van der Waals surface area contributed by atoms with Crippen LogP contribution in [0.1, 0.15) is 26.7 Å². The Morgan fingerprint density at radius 3 is 2.69 bits per heavy atom. The van der Waals surface area contributed by atoms with Gasteiger partial charge in [-0.05, 0) is 47.3 Å². The van der Waals surface area contributed by atoms with Gasteiger partial charge in [-0.15, -0.1) is 0 Å². The molecule has 16 heavy (non-hydrogen) atoms. The predicted molar refractivity (Wildman–Crippen MR) is 67.6 cm³/mol. The van der Waals surface area contributed by atoms with E-state index in [1.807, 2.05) is 0 Å². The average molecular weight is 213 g/mol. The van der Waals surface area contributed by atoms with Gasteiger partial charge < -0.3 is 5.73 Å². The summed E-state index contributed by atoms with van der Waals surface area (Å²) in [5.41, 5.74) is 10.5. The second-order valence-electron chi connectivity index (χ2n) is 5.78. The van der Waals surface area contributed by atoms with Gasteiger partial charge in [0.15, 0.2) is 0 Å². The van der Waals surface area contributed by atoms with Crippen molar-refractivity contribution in [1.82, 2.24) is 0 Å². The van der Waals surface area contributed by atoms with Crippen molar-refractivity contribution in [1.29, 1.82) is 0 Å². The molecule has 0 aromatic carbocycles. The molecule has 2 N–H and O–H groups in total. The maximum atomic E-state index is 5.98. The molecule has 2 atom stereocenters. The summed E-state index contributed by atoms with van der Waals surface area (Å²) < 4.78 is 0. The average Bonchev–Trinajstić information content (AvgIpc) is 2.49. The molecular weight excluding hydrogens is 194 g/mol. The number of nitrogens with two attached hydrogens (primary N) is 1. The van der Waals surface area contributed by atoms with Crippen LogP contribution in [-0.4, -0.2) is 0 Å². The van der Waals surface area contributed by atoms with Crippen molar-refractivity contribution in [2.75, 3.05) is 0 Å². The molecule has 0 aromatic heterocycles. The zero-order valence-corrected chi connectivity index (χ0v) is 10.0. The molecule has 3 aliphatic carbocycles. The van der Waals surface area contributed by atoms with Crippen LogP contribution in [0, 0.1) is 17.3 Å². The van der Waals surface area contributed by atoms with Crippen LogP contribution in [0.2, 0.25) is 0 Å². The van der Waals surface area contributed by atoms with E-state index in [9.17, 15) is 0 Å². The predicted octanol–water partition coefficient (Wildman–Crippen LogP) is 3.32. The Hall–Kier alpha value is -1.24. The van der Waals surface area contributed by atoms with Crippen molar-refractivity contribution in [3.8, 4) is 0 Å². The molecule has 0 spiro atoms. The van der Waals surface area contributed by atoms with Crippen molar-refractivity contribution in [2.24, 2.45) is 23.0 Å². The Bertz CT molecular complexity index is 446. The molecule has 0 saturated heterocycles. The fourth-order valence-electron chi connectivity index (χ4n) is 3.56. The van der Waals surface area contributed by atoms with Crippen LogP contribution in [0.15, 0.2) is 47.2 Å². The Labute approximate surface area is 97.4 Å². The molecule has 84 valence electrons. The van der Waals surface area contributed by atoms with Crippen molar-refractivity contribution in [3.63, 3.8) is 0 Å². The summed E-state index contributed by atoms with van der Waals surface area (Å²) in [6.45, 7) is 4.80. The highest BCUT2D eigenvalue weighted by Crippen LogP contribution is 2.58. The Kier molecular flexibility index (Phi) is 1.95. The van der Waals surface area contributed by atoms with E-state index in [1.54, 1.807) is 5.57 Å². The van der Waals surface area contributed by atoms with Gasteiger partial charge >= 0.3 is 0 Å². The molecule has 1 saturated carbocycles. The number of hydrogen-bond donors (Lipinski definition) is 1. The maximum Gasteiger partial charge on any atom is 0.00869 e.